The molecule has 1 aliphatic heterocycles. The van der Waals surface area contributed by atoms with E-state index in [1.165, 1.54) is 16.4 Å². The van der Waals surface area contributed by atoms with E-state index in [0.717, 1.165) is 15.6 Å². The summed E-state index contributed by atoms with van der Waals surface area (Å²) in [5.41, 5.74) is 1.33. The van der Waals surface area contributed by atoms with Crippen molar-refractivity contribution in [3.05, 3.63) is 50.8 Å². The van der Waals surface area contributed by atoms with Crippen LogP contribution in [0.25, 0.3) is 11.1 Å². The molecule has 1 aliphatic rings. The minimum absolute atomic E-state index is 0.154. The van der Waals surface area contributed by atoms with E-state index in [-0.39, 0.29) is 10.9 Å². The first kappa shape index (κ1) is 20.0. The van der Waals surface area contributed by atoms with Gasteiger partial charge in [-0.2, -0.15) is 4.31 Å². The molecule has 4 nitrogen and oxygen atoms in total. The van der Waals surface area contributed by atoms with Crippen LogP contribution in [-0.4, -0.2) is 50.8 Å². The highest BCUT2D eigenvalue weighted by Gasteiger charge is 2.34. The summed E-state index contributed by atoms with van der Waals surface area (Å²) in [5, 5.41) is 0.576. The second kappa shape index (κ2) is 7.71. The van der Waals surface area contributed by atoms with Gasteiger partial charge in [0.2, 0.25) is 10.0 Å². The van der Waals surface area contributed by atoms with Crippen LogP contribution in [0, 0.1) is 9.39 Å². The van der Waals surface area contributed by atoms with E-state index in [9.17, 15) is 12.8 Å². The summed E-state index contributed by atoms with van der Waals surface area (Å²) >= 11 is 8.24. The molecule has 0 bridgehead atoms. The van der Waals surface area contributed by atoms with Gasteiger partial charge in [-0.1, -0.05) is 23.7 Å². The Hall–Kier alpha value is -0.740. The van der Waals surface area contributed by atoms with Crippen LogP contribution in [0.1, 0.15) is 6.42 Å². The zero-order chi connectivity index (χ0) is 19.1. The average Bonchev–Trinajstić information content (AvgIpc) is 3.08. The zero-order valence-corrected chi connectivity index (χ0v) is 18.1. The second-order valence-electron chi connectivity index (χ2n) is 6.54. The Kier molecular flexibility index (Phi) is 5.93. The molecule has 2 aromatic rings. The highest BCUT2D eigenvalue weighted by Crippen LogP contribution is 2.30. The number of hydrogen-bond acceptors (Lipinski definition) is 3. The molecule has 0 spiro atoms. The van der Waals surface area contributed by atoms with Crippen molar-refractivity contribution in [2.75, 3.05) is 27.2 Å². The van der Waals surface area contributed by atoms with Crippen LogP contribution in [-0.2, 0) is 10.0 Å². The van der Waals surface area contributed by atoms with E-state index in [0.29, 0.717) is 23.7 Å². The van der Waals surface area contributed by atoms with Crippen molar-refractivity contribution >= 4 is 44.2 Å². The van der Waals surface area contributed by atoms with E-state index < -0.39 is 15.8 Å². The van der Waals surface area contributed by atoms with Crippen molar-refractivity contribution in [3.8, 4) is 11.1 Å². The van der Waals surface area contributed by atoms with Gasteiger partial charge in [-0.3, -0.25) is 0 Å². The molecule has 0 N–H and O–H groups in total. The predicted octanol–water partition coefficient (Wildman–Crippen LogP) is 4.08. The molecule has 0 amide bonds. The first-order valence-corrected chi connectivity index (χ1v) is 11.0. The number of halogens is 3. The fourth-order valence-corrected chi connectivity index (χ4v) is 5.11. The summed E-state index contributed by atoms with van der Waals surface area (Å²) in [6.07, 6.45) is 0.743. The standard InChI is InChI=1S/C18H19ClFIN2O2S/c1-22(2)14-7-8-23(11-14)26(24,25)18-6-4-13(10-16(18)20)12-3-5-17(21)15(19)9-12/h3-6,9-10,14H,7-8,11H2,1-2H3/t14-/m1/s1. The molecule has 2 aromatic carbocycles. The highest BCUT2D eigenvalue weighted by atomic mass is 127. The normalized spacial score (nSPS) is 18.6. The molecule has 0 unspecified atom stereocenters. The van der Waals surface area contributed by atoms with Crippen LogP contribution in [0.3, 0.4) is 0 Å². The number of nitrogens with zero attached hydrogens (tertiary/aromatic N) is 2. The van der Waals surface area contributed by atoms with Gasteiger partial charge in [0.15, 0.2) is 0 Å². The van der Waals surface area contributed by atoms with Crippen LogP contribution >= 0.6 is 34.2 Å². The maximum Gasteiger partial charge on any atom is 0.246 e. The summed E-state index contributed by atoms with van der Waals surface area (Å²) in [4.78, 5) is 1.72. The van der Waals surface area contributed by atoms with Gasteiger partial charge in [-0.15, -0.1) is 0 Å². The summed E-state index contributed by atoms with van der Waals surface area (Å²) in [6.45, 7) is 0.780. The van der Waals surface area contributed by atoms with E-state index in [4.69, 9.17) is 11.6 Å². The van der Waals surface area contributed by atoms with Gasteiger partial charge in [0.05, 0.1) is 5.02 Å². The number of hydrogen-bond donors (Lipinski definition) is 0. The van der Waals surface area contributed by atoms with Gasteiger partial charge in [-0.05, 0) is 78.5 Å². The molecule has 1 heterocycles. The lowest BCUT2D eigenvalue weighted by Gasteiger charge is -2.20. The van der Waals surface area contributed by atoms with Crippen molar-refractivity contribution in [1.29, 1.82) is 0 Å². The fraction of sp³-hybridized carbons (Fsp3) is 0.333. The van der Waals surface area contributed by atoms with E-state index in [1.54, 1.807) is 12.1 Å². The van der Waals surface area contributed by atoms with Crippen LogP contribution < -0.4 is 0 Å². The molecule has 0 radical (unpaired) electrons. The number of rotatable bonds is 4. The van der Waals surface area contributed by atoms with Gasteiger partial charge < -0.3 is 4.90 Å². The third-order valence-electron chi connectivity index (χ3n) is 4.66. The number of likely N-dealkylation sites (N-methyl/N-ethyl adjacent to an activating group) is 1. The summed E-state index contributed by atoms with van der Waals surface area (Å²) in [7, 11) is -0.00728. The van der Waals surface area contributed by atoms with Crippen LogP contribution in [0.2, 0.25) is 5.02 Å². The molecule has 1 saturated heterocycles. The van der Waals surface area contributed by atoms with Gasteiger partial charge in [0.25, 0.3) is 0 Å². The molecule has 26 heavy (non-hydrogen) atoms. The largest absolute Gasteiger partial charge is 0.305 e. The zero-order valence-electron chi connectivity index (χ0n) is 14.4. The lowest BCUT2D eigenvalue weighted by atomic mass is 10.1. The maximum absolute atomic E-state index is 14.7. The quantitative estimate of drug-likeness (QED) is 0.585. The smallest absolute Gasteiger partial charge is 0.246 e. The predicted molar refractivity (Wildman–Crippen MR) is 110 cm³/mol. The molecule has 0 aliphatic carbocycles. The van der Waals surface area contributed by atoms with E-state index in [1.807, 2.05) is 31.1 Å². The molecule has 1 fully saturated rings. The first-order chi connectivity index (χ1) is 12.2. The van der Waals surface area contributed by atoms with Crippen molar-refractivity contribution in [1.82, 2.24) is 9.21 Å². The number of benzene rings is 2. The highest BCUT2D eigenvalue weighted by molar-refractivity contribution is 14.1. The molecular formula is C18H19ClFIN2O2S. The third-order valence-corrected chi connectivity index (χ3v) is 8.13. The van der Waals surface area contributed by atoms with E-state index in [2.05, 4.69) is 22.6 Å². The van der Waals surface area contributed by atoms with Crippen molar-refractivity contribution in [3.63, 3.8) is 0 Å². The van der Waals surface area contributed by atoms with Gasteiger partial charge in [-0.25, -0.2) is 12.8 Å². The van der Waals surface area contributed by atoms with Crippen molar-refractivity contribution in [2.24, 2.45) is 0 Å². The van der Waals surface area contributed by atoms with Gasteiger partial charge in [0, 0.05) is 22.7 Å². The Bertz CT molecular complexity index is 937. The van der Waals surface area contributed by atoms with Gasteiger partial charge >= 0.3 is 0 Å². The molecule has 0 aromatic heterocycles. The Labute approximate surface area is 172 Å². The number of sulfonamides is 1. The summed E-state index contributed by atoms with van der Waals surface area (Å²) in [5.74, 6) is -0.745. The monoisotopic (exact) mass is 508 g/mol. The second-order valence-corrected chi connectivity index (χ2v) is 10.0. The molecular weight excluding hydrogens is 490 g/mol. The summed E-state index contributed by atoms with van der Waals surface area (Å²) < 4.78 is 42.6. The average molecular weight is 509 g/mol. The van der Waals surface area contributed by atoms with Crippen molar-refractivity contribution in [2.45, 2.75) is 17.4 Å². The third kappa shape index (κ3) is 3.91. The van der Waals surface area contributed by atoms with E-state index >= 15 is 0 Å². The van der Waals surface area contributed by atoms with Crippen LogP contribution in [0.4, 0.5) is 4.39 Å². The molecule has 8 heteroatoms. The Balaban J connectivity index is 1.91. The lowest BCUT2D eigenvalue weighted by molar-refractivity contribution is 0.302. The topological polar surface area (TPSA) is 40.6 Å². The Morgan fingerprint density at radius 3 is 2.42 bits per heavy atom. The molecule has 3 rings (SSSR count). The minimum atomic E-state index is -3.85. The fourth-order valence-electron chi connectivity index (χ4n) is 3.05. The molecule has 0 saturated carbocycles. The summed E-state index contributed by atoms with van der Waals surface area (Å²) in [6, 6.07) is 9.79. The first-order valence-electron chi connectivity index (χ1n) is 8.11. The molecule has 1 atom stereocenters. The van der Waals surface area contributed by atoms with Gasteiger partial charge in [0.1, 0.15) is 10.7 Å². The van der Waals surface area contributed by atoms with Crippen molar-refractivity contribution < 1.29 is 12.8 Å². The molecule has 140 valence electrons. The minimum Gasteiger partial charge on any atom is -0.305 e. The Morgan fingerprint density at radius 2 is 1.85 bits per heavy atom. The lowest BCUT2D eigenvalue weighted by Crippen LogP contribution is -2.34. The van der Waals surface area contributed by atoms with Crippen LogP contribution in [0.15, 0.2) is 41.3 Å². The maximum atomic E-state index is 14.7. The Morgan fingerprint density at radius 1 is 1.19 bits per heavy atom. The van der Waals surface area contributed by atoms with Crippen LogP contribution in [0.5, 0.6) is 0 Å². The SMILES string of the molecule is CN(C)[C@@H]1CCN(S(=O)(=O)c2ccc(-c3ccc(I)c(Cl)c3)cc2F)C1.